The lowest BCUT2D eigenvalue weighted by atomic mass is 10.0. The lowest BCUT2D eigenvalue weighted by molar-refractivity contribution is 0.0269. The lowest BCUT2D eigenvalue weighted by Crippen LogP contribution is -2.30. The summed E-state index contributed by atoms with van der Waals surface area (Å²) in [6, 6.07) is 3.11. The molecular weight excluding hydrogens is 289 g/mol. The summed E-state index contributed by atoms with van der Waals surface area (Å²) in [5, 5.41) is 0. The van der Waals surface area contributed by atoms with Gasteiger partial charge in [0.15, 0.2) is 0 Å². The van der Waals surface area contributed by atoms with Crippen LogP contribution >= 0.6 is 15.9 Å². The summed E-state index contributed by atoms with van der Waals surface area (Å²) in [6.07, 6.45) is 1.89. The molecule has 3 nitrogen and oxygen atoms in total. The van der Waals surface area contributed by atoms with E-state index in [4.69, 9.17) is 9.57 Å². The van der Waals surface area contributed by atoms with E-state index >= 15 is 0 Å². The van der Waals surface area contributed by atoms with Gasteiger partial charge in [-0.25, -0.2) is 4.39 Å². The molecule has 0 saturated heterocycles. The molecule has 1 heterocycles. The van der Waals surface area contributed by atoms with Gasteiger partial charge in [-0.3, -0.25) is 0 Å². The van der Waals surface area contributed by atoms with Gasteiger partial charge in [-0.05, 0) is 28.4 Å². The molecule has 0 fully saturated rings. The quantitative estimate of drug-likeness (QED) is 0.865. The van der Waals surface area contributed by atoms with Crippen molar-refractivity contribution in [3.05, 3.63) is 28.0 Å². The Labute approximate surface area is 108 Å². The van der Waals surface area contributed by atoms with Crippen LogP contribution in [-0.4, -0.2) is 13.2 Å². The molecule has 2 rings (SSSR count). The third-order valence-corrected chi connectivity index (χ3v) is 3.46. The fourth-order valence-electron chi connectivity index (χ4n) is 2.10. The molecule has 1 aromatic rings. The second kappa shape index (κ2) is 5.33. The molecular formula is C12H15BrFNO2. The predicted molar refractivity (Wildman–Crippen MR) is 66.3 cm³/mol. The SMILES string of the molecule is CCCC1Oc2cc(F)c(Br)cc2C1NOC. The van der Waals surface area contributed by atoms with Gasteiger partial charge < -0.3 is 9.57 Å². The first-order valence-electron chi connectivity index (χ1n) is 5.61. The molecule has 94 valence electrons. The third kappa shape index (κ3) is 2.46. The molecule has 5 heteroatoms. The Morgan fingerprint density at radius 1 is 1.53 bits per heavy atom. The van der Waals surface area contributed by atoms with E-state index in [-0.39, 0.29) is 18.0 Å². The summed E-state index contributed by atoms with van der Waals surface area (Å²) in [7, 11) is 1.57. The first kappa shape index (κ1) is 12.8. The van der Waals surface area contributed by atoms with E-state index in [1.54, 1.807) is 13.2 Å². The number of hydrogen-bond acceptors (Lipinski definition) is 3. The largest absolute Gasteiger partial charge is 0.488 e. The molecule has 0 bridgehead atoms. The second-order valence-electron chi connectivity index (χ2n) is 4.05. The molecule has 1 aliphatic heterocycles. The number of nitrogens with one attached hydrogen (secondary N) is 1. The van der Waals surface area contributed by atoms with E-state index < -0.39 is 0 Å². The molecule has 0 spiro atoms. The van der Waals surface area contributed by atoms with Gasteiger partial charge >= 0.3 is 0 Å². The van der Waals surface area contributed by atoms with Crippen LogP contribution in [0.1, 0.15) is 31.4 Å². The van der Waals surface area contributed by atoms with E-state index in [9.17, 15) is 4.39 Å². The van der Waals surface area contributed by atoms with Crippen molar-refractivity contribution >= 4 is 15.9 Å². The predicted octanol–water partition coefficient (Wildman–Crippen LogP) is 3.34. The highest BCUT2D eigenvalue weighted by Gasteiger charge is 2.34. The van der Waals surface area contributed by atoms with Gasteiger partial charge in [-0.15, -0.1) is 0 Å². The van der Waals surface area contributed by atoms with Crippen molar-refractivity contribution in [3.63, 3.8) is 0 Å². The minimum absolute atomic E-state index is 0.0105. The van der Waals surface area contributed by atoms with Crippen molar-refractivity contribution in [2.24, 2.45) is 0 Å². The summed E-state index contributed by atoms with van der Waals surface area (Å²) in [5.41, 5.74) is 3.84. The van der Waals surface area contributed by atoms with Gasteiger partial charge in [-0.1, -0.05) is 13.3 Å². The van der Waals surface area contributed by atoms with Crippen LogP contribution in [0, 0.1) is 5.82 Å². The minimum Gasteiger partial charge on any atom is -0.488 e. The molecule has 2 atom stereocenters. The average Bonchev–Trinajstić information content (AvgIpc) is 2.59. The molecule has 0 amide bonds. The van der Waals surface area contributed by atoms with Gasteiger partial charge in [0, 0.05) is 11.6 Å². The van der Waals surface area contributed by atoms with E-state index in [1.807, 2.05) is 0 Å². The normalized spacial score (nSPS) is 22.4. The number of hydroxylamine groups is 1. The van der Waals surface area contributed by atoms with Crippen LogP contribution in [0.25, 0.3) is 0 Å². The van der Waals surface area contributed by atoms with E-state index in [0.717, 1.165) is 18.4 Å². The van der Waals surface area contributed by atoms with Crippen molar-refractivity contribution < 1.29 is 14.0 Å². The maximum Gasteiger partial charge on any atom is 0.141 e. The molecule has 1 N–H and O–H groups in total. The first-order valence-corrected chi connectivity index (χ1v) is 6.40. The first-order chi connectivity index (χ1) is 8.17. The van der Waals surface area contributed by atoms with Crippen LogP contribution in [0.4, 0.5) is 4.39 Å². The molecule has 1 aliphatic rings. The van der Waals surface area contributed by atoms with Gasteiger partial charge in [-0.2, -0.15) is 5.48 Å². The summed E-state index contributed by atoms with van der Waals surface area (Å²) < 4.78 is 19.6. The van der Waals surface area contributed by atoms with Crippen LogP contribution in [0.3, 0.4) is 0 Å². The highest BCUT2D eigenvalue weighted by atomic mass is 79.9. The van der Waals surface area contributed by atoms with Crippen LogP contribution in [0.2, 0.25) is 0 Å². The smallest absolute Gasteiger partial charge is 0.141 e. The van der Waals surface area contributed by atoms with Gasteiger partial charge in [0.25, 0.3) is 0 Å². The number of ether oxygens (including phenoxy) is 1. The molecule has 1 aromatic carbocycles. The Bertz CT molecular complexity index is 414. The summed E-state index contributed by atoms with van der Waals surface area (Å²) in [4.78, 5) is 4.99. The Morgan fingerprint density at radius 2 is 2.29 bits per heavy atom. The molecule has 2 unspecified atom stereocenters. The van der Waals surface area contributed by atoms with Crippen LogP contribution in [0.5, 0.6) is 5.75 Å². The maximum atomic E-state index is 13.4. The molecule has 0 radical (unpaired) electrons. The second-order valence-corrected chi connectivity index (χ2v) is 4.90. The minimum atomic E-state index is -0.308. The number of hydrogen-bond donors (Lipinski definition) is 1. The molecule has 0 aromatic heterocycles. The molecule has 0 saturated carbocycles. The average molecular weight is 304 g/mol. The standard InChI is InChI=1S/C12H15BrFNO2/c1-3-4-10-12(15-16-2)7-5-8(13)9(14)6-11(7)17-10/h5-6,10,12,15H,3-4H2,1-2H3. The van der Waals surface area contributed by atoms with Crippen LogP contribution in [0.15, 0.2) is 16.6 Å². The lowest BCUT2D eigenvalue weighted by Gasteiger charge is -2.18. The molecule has 17 heavy (non-hydrogen) atoms. The Balaban J connectivity index is 2.32. The van der Waals surface area contributed by atoms with E-state index in [1.165, 1.54) is 6.07 Å². The Hall–Kier alpha value is -0.650. The Kier molecular flexibility index (Phi) is 4.01. The van der Waals surface area contributed by atoms with Crippen LogP contribution < -0.4 is 10.2 Å². The van der Waals surface area contributed by atoms with Crippen molar-refractivity contribution in [3.8, 4) is 5.75 Å². The fourth-order valence-corrected chi connectivity index (χ4v) is 2.46. The van der Waals surface area contributed by atoms with Crippen molar-refractivity contribution in [1.82, 2.24) is 5.48 Å². The summed E-state index contributed by atoms with van der Waals surface area (Å²) in [6.45, 7) is 2.09. The number of halogens is 2. The van der Waals surface area contributed by atoms with Gasteiger partial charge in [0.05, 0.1) is 17.6 Å². The van der Waals surface area contributed by atoms with Gasteiger partial charge in [0.1, 0.15) is 17.7 Å². The van der Waals surface area contributed by atoms with E-state index in [0.29, 0.717) is 10.2 Å². The molecule has 0 aliphatic carbocycles. The maximum absolute atomic E-state index is 13.4. The van der Waals surface area contributed by atoms with Crippen molar-refractivity contribution in [1.29, 1.82) is 0 Å². The fraction of sp³-hybridized carbons (Fsp3) is 0.500. The summed E-state index contributed by atoms with van der Waals surface area (Å²) in [5.74, 6) is 0.288. The summed E-state index contributed by atoms with van der Waals surface area (Å²) >= 11 is 3.19. The van der Waals surface area contributed by atoms with Crippen molar-refractivity contribution in [2.45, 2.75) is 31.9 Å². The van der Waals surface area contributed by atoms with Crippen LogP contribution in [-0.2, 0) is 4.84 Å². The number of fused-ring (bicyclic) bond motifs is 1. The van der Waals surface area contributed by atoms with Gasteiger partial charge in [0.2, 0.25) is 0 Å². The zero-order valence-corrected chi connectivity index (χ0v) is 11.4. The highest BCUT2D eigenvalue weighted by molar-refractivity contribution is 9.10. The van der Waals surface area contributed by atoms with E-state index in [2.05, 4.69) is 28.3 Å². The monoisotopic (exact) mass is 303 g/mol. The zero-order chi connectivity index (χ0) is 12.4. The topological polar surface area (TPSA) is 30.5 Å². The number of rotatable bonds is 4. The Morgan fingerprint density at radius 3 is 2.94 bits per heavy atom. The highest BCUT2D eigenvalue weighted by Crippen LogP contribution is 2.40. The third-order valence-electron chi connectivity index (χ3n) is 2.86. The van der Waals surface area contributed by atoms with Crippen molar-refractivity contribution in [2.75, 3.05) is 7.11 Å². The zero-order valence-electron chi connectivity index (χ0n) is 9.80. The number of benzene rings is 1.